The lowest BCUT2D eigenvalue weighted by atomic mass is 9.86. The van der Waals surface area contributed by atoms with Gasteiger partial charge in [0, 0.05) is 37.2 Å². The number of fused-ring (bicyclic) bond motifs is 1. The van der Waals surface area contributed by atoms with E-state index in [0.29, 0.717) is 19.0 Å². The second kappa shape index (κ2) is 7.90. The van der Waals surface area contributed by atoms with Gasteiger partial charge in [0.2, 0.25) is 5.75 Å². The third-order valence-electron chi connectivity index (χ3n) is 4.97. The van der Waals surface area contributed by atoms with Gasteiger partial charge in [-0.2, -0.15) is 5.10 Å². The molecular weight excluding hydrogens is 336 g/mol. The highest BCUT2D eigenvalue weighted by atomic mass is 16.6. The molecule has 8 heteroatoms. The number of nitrogens with zero attached hydrogens (tertiary/aromatic N) is 3. The van der Waals surface area contributed by atoms with Gasteiger partial charge in [-0.3, -0.25) is 10.1 Å². The Bertz CT molecular complexity index is 707. The van der Waals surface area contributed by atoms with Crippen LogP contribution in [0.2, 0.25) is 0 Å². The number of nitro groups is 1. The molecule has 2 aliphatic heterocycles. The maximum absolute atomic E-state index is 11.6. The molecule has 1 fully saturated rings. The monoisotopic (exact) mass is 362 g/mol. The first-order valence-corrected chi connectivity index (χ1v) is 9.21. The second-order valence-electron chi connectivity index (χ2n) is 6.45. The molecule has 1 saturated heterocycles. The molecule has 0 saturated carbocycles. The van der Waals surface area contributed by atoms with Crippen molar-refractivity contribution in [3.63, 3.8) is 0 Å². The van der Waals surface area contributed by atoms with Crippen LogP contribution in [-0.2, 0) is 0 Å². The quantitative estimate of drug-likeness (QED) is 0.593. The van der Waals surface area contributed by atoms with E-state index in [0.717, 1.165) is 37.3 Å². The van der Waals surface area contributed by atoms with Gasteiger partial charge < -0.3 is 19.8 Å². The highest BCUT2D eigenvalue weighted by molar-refractivity contribution is 5.90. The molecule has 2 atom stereocenters. The Balaban J connectivity index is 1.98. The van der Waals surface area contributed by atoms with Gasteiger partial charge >= 0.3 is 5.69 Å². The first kappa shape index (κ1) is 18.4. The molecule has 0 aromatic heterocycles. The van der Waals surface area contributed by atoms with E-state index >= 15 is 0 Å². The fraction of sp³-hybridized carbons (Fsp3) is 0.611. The van der Waals surface area contributed by atoms with Crippen molar-refractivity contribution in [2.45, 2.75) is 33.2 Å². The van der Waals surface area contributed by atoms with Gasteiger partial charge in [-0.25, -0.2) is 0 Å². The summed E-state index contributed by atoms with van der Waals surface area (Å²) in [5.41, 5.74) is 5.08. The number of rotatable bonds is 7. The van der Waals surface area contributed by atoms with E-state index in [2.05, 4.69) is 22.4 Å². The smallest absolute Gasteiger partial charge is 0.315 e. The Hall–Kier alpha value is -2.35. The summed E-state index contributed by atoms with van der Waals surface area (Å²) in [6.45, 7) is 9.44. The Morgan fingerprint density at radius 2 is 2.08 bits per heavy atom. The summed E-state index contributed by atoms with van der Waals surface area (Å²) in [6, 6.07) is 3.35. The van der Waals surface area contributed by atoms with Crippen molar-refractivity contribution in [2.75, 3.05) is 32.8 Å². The van der Waals surface area contributed by atoms with Crippen LogP contribution in [0.5, 0.6) is 11.5 Å². The number of hydrogen-bond acceptors (Lipinski definition) is 7. The van der Waals surface area contributed by atoms with Gasteiger partial charge in [0.05, 0.1) is 24.2 Å². The summed E-state index contributed by atoms with van der Waals surface area (Å²) >= 11 is 0. The zero-order chi connectivity index (χ0) is 18.7. The van der Waals surface area contributed by atoms with E-state index in [4.69, 9.17) is 9.47 Å². The topological polar surface area (TPSA) is 89.2 Å². The van der Waals surface area contributed by atoms with Crippen LogP contribution in [-0.4, -0.2) is 48.4 Å². The number of likely N-dealkylation sites (tertiary alicyclic amines) is 1. The summed E-state index contributed by atoms with van der Waals surface area (Å²) in [5, 5.41) is 16.1. The molecule has 2 heterocycles. The number of benzene rings is 1. The molecule has 0 aliphatic carbocycles. The van der Waals surface area contributed by atoms with Crippen molar-refractivity contribution in [1.29, 1.82) is 0 Å². The predicted octanol–water partition coefficient (Wildman–Crippen LogP) is 2.73. The van der Waals surface area contributed by atoms with Crippen molar-refractivity contribution < 1.29 is 14.4 Å². The SMILES string of the molecule is CCOc1cc(C2NN=C3CCN(CC)CC32)cc([N+](=O)[O-])c1OCC. The maximum atomic E-state index is 11.6. The summed E-state index contributed by atoms with van der Waals surface area (Å²) in [5.74, 6) is 0.828. The van der Waals surface area contributed by atoms with Crippen molar-refractivity contribution in [1.82, 2.24) is 10.3 Å². The Kier molecular flexibility index (Phi) is 5.61. The van der Waals surface area contributed by atoms with Crippen molar-refractivity contribution in [3.05, 3.63) is 27.8 Å². The number of hydrogen-bond donors (Lipinski definition) is 1. The van der Waals surface area contributed by atoms with Crippen LogP contribution in [0.4, 0.5) is 5.69 Å². The van der Waals surface area contributed by atoms with Crippen LogP contribution in [0.15, 0.2) is 17.2 Å². The molecule has 0 amide bonds. The first-order chi connectivity index (χ1) is 12.6. The van der Waals surface area contributed by atoms with Gasteiger partial charge in [0.15, 0.2) is 5.75 Å². The Morgan fingerprint density at radius 3 is 2.73 bits per heavy atom. The van der Waals surface area contributed by atoms with Crippen LogP contribution in [0.3, 0.4) is 0 Å². The summed E-state index contributed by atoms with van der Waals surface area (Å²) in [4.78, 5) is 13.6. The van der Waals surface area contributed by atoms with Crippen molar-refractivity contribution >= 4 is 11.4 Å². The molecule has 3 rings (SSSR count). The summed E-state index contributed by atoms with van der Waals surface area (Å²) in [6.07, 6.45) is 0.930. The van der Waals surface area contributed by atoms with E-state index in [9.17, 15) is 10.1 Å². The standard InChI is InChI=1S/C18H26N4O4/c1-4-21-8-7-14-13(11-21)17(20-19-14)12-9-15(22(23)24)18(26-6-3)16(10-12)25-5-2/h9-10,13,17,20H,4-8,11H2,1-3H3. The molecular formula is C18H26N4O4. The molecule has 1 aromatic carbocycles. The van der Waals surface area contributed by atoms with Crippen molar-refractivity contribution in [3.8, 4) is 11.5 Å². The third kappa shape index (κ3) is 3.46. The van der Waals surface area contributed by atoms with Gasteiger partial charge in [0.25, 0.3) is 0 Å². The zero-order valence-corrected chi connectivity index (χ0v) is 15.5. The maximum Gasteiger partial charge on any atom is 0.315 e. The van der Waals surface area contributed by atoms with E-state index < -0.39 is 4.92 Å². The van der Waals surface area contributed by atoms with E-state index in [-0.39, 0.29) is 23.4 Å². The van der Waals surface area contributed by atoms with Crippen LogP contribution in [0.25, 0.3) is 0 Å². The molecule has 0 spiro atoms. The third-order valence-corrected chi connectivity index (χ3v) is 4.97. The Morgan fingerprint density at radius 1 is 1.31 bits per heavy atom. The largest absolute Gasteiger partial charge is 0.490 e. The molecule has 1 N–H and O–H groups in total. The second-order valence-corrected chi connectivity index (χ2v) is 6.45. The number of nitro benzene ring substituents is 1. The average molecular weight is 362 g/mol. The molecule has 8 nitrogen and oxygen atoms in total. The van der Waals surface area contributed by atoms with Gasteiger partial charge in [-0.15, -0.1) is 0 Å². The fourth-order valence-electron chi connectivity index (χ4n) is 3.68. The highest BCUT2D eigenvalue weighted by Crippen LogP contribution is 2.42. The van der Waals surface area contributed by atoms with E-state index in [1.54, 1.807) is 13.0 Å². The van der Waals surface area contributed by atoms with Crippen LogP contribution in [0, 0.1) is 16.0 Å². The lowest BCUT2D eigenvalue weighted by molar-refractivity contribution is -0.386. The van der Waals surface area contributed by atoms with Crippen LogP contribution < -0.4 is 14.9 Å². The lowest BCUT2D eigenvalue weighted by Gasteiger charge is -2.32. The van der Waals surface area contributed by atoms with E-state index in [1.165, 1.54) is 0 Å². The summed E-state index contributed by atoms with van der Waals surface area (Å²) in [7, 11) is 0. The number of ether oxygens (including phenoxy) is 2. The van der Waals surface area contributed by atoms with Gasteiger partial charge in [0.1, 0.15) is 0 Å². The normalized spacial score (nSPS) is 22.3. The van der Waals surface area contributed by atoms with Crippen LogP contribution >= 0.6 is 0 Å². The van der Waals surface area contributed by atoms with Gasteiger partial charge in [-0.05, 0) is 32.0 Å². The minimum atomic E-state index is -0.410. The molecule has 1 aromatic rings. The number of hydrazone groups is 1. The first-order valence-electron chi connectivity index (χ1n) is 9.21. The molecule has 142 valence electrons. The fourth-order valence-corrected chi connectivity index (χ4v) is 3.68. The van der Waals surface area contributed by atoms with Crippen LogP contribution in [0.1, 0.15) is 38.8 Å². The highest BCUT2D eigenvalue weighted by Gasteiger charge is 2.38. The zero-order valence-electron chi connectivity index (χ0n) is 15.5. The minimum absolute atomic E-state index is 0.0637. The molecule has 2 unspecified atom stereocenters. The van der Waals surface area contributed by atoms with Gasteiger partial charge in [-0.1, -0.05) is 6.92 Å². The average Bonchev–Trinajstić information content (AvgIpc) is 3.06. The molecule has 0 radical (unpaired) electrons. The number of nitrogens with one attached hydrogen (secondary N) is 1. The minimum Gasteiger partial charge on any atom is -0.490 e. The number of piperidine rings is 1. The summed E-state index contributed by atoms with van der Waals surface area (Å²) < 4.78 is 11.2. The predicted molar refractivity (Wildman–Crippen MR) is 99.0 cm³/mol. The molecule has 0 bridgehead atoms. The Labute approximate surface area is 153 Å². The molecule has 2 aliphatic rings. The van der Waals surface area contributed by atoms with Crippen molar-refractivity contribution in [2.24, 2.45) is 11.0 Å². The lowest BCUT2D eigenvalue weighted by Crippen LogP contribution is -2.41. The molecule has 26 heavy (non-hydrogen) atoms. The van der Waals surface area contributed by atoms with E-state index in [1.807, 2.05) is 13.0 Å².